The summed E-state index contributed by atoms with van der Waals surface area (Å²) in [5.41, 5.74) is 14.3. The smallest absolute Gasteiger partial charge is 0.321 e. The molecular formula is C51H54N6O2. The van der Waals surface area contributed by atoms with Crippen LogP contribution in [0.1, 0.15) is 46.2 Å². The topological polar surface area (TPSA) is 71.2 Å². The molecule has 0 fully saturated rings. The van der Waals surface area contributed by atoms with E-state index in [1.165, 1.54) is 45.0 Å². The van der Waals surface area contributed by atoms with Crippen molar-refractivity contribution in [3.05, 3.63) is 179 Å². The Kier molecular flexibility index (Phi) is 12.2. The van der Waals surface area contributed by atoms with E-state index in [-0.39, 0.29) is 12.1 Å². The van der Waals surface area contributed by atoms with Crippen molar-refractivity contribution in [1.29, 1.82) is 0 Å². The van der Waals surface area contributed by atoms with Gasteiger partial charge in [-0.2, -0.15) is 0 Å². The average molecular weight is 783 g/mol. The van der Waals surface area contributed by atoms with Crippen LogP contribution in [0, 0.1) is 0 Å². The van der Waals surface area contributed by atoms with Crippen molar-refractivity contribution in [2.75, 3.05) is 60.7 Å². The number of aryl methyl sites for hydroxylation is 4. The van der Waals surface area contributed by atoms with Crippen LogP contribution in [-0.4, -0.2) is 62.1 Å². The van der Waals surface area contributed by atoms with Crippen molar-refractivity contribution in [1.82, 2.24) is 9.80 Å². The molecule has 0 aromatic heterocycles. The molecule has 0 radical (unpaired) electrons. The second-order valence-electron chi connectivity index (χ2n) is 15.8. The van der Waals surface area contributed by atoms with Gasteiger partial charge in [0.25, 0.3) is 0 Å². The highest BCUT2D eigenvalue weighted by atomic mass is 16.2. The fourth-order valence-electron chi connectivity index (χ4n) is 8.44. The molecule has 4 amide bonds. The first-order valence-electron chi connectivity index (χ1n) is 21.0. The van der Waals surface area contributed by atoms with Gasteiger partial charge >= 0.3 is 12.1 Å². The second-order valence-corrected chi connectivity index (χ2v) is 15.8. The molecule has 6 aromatic carbocycles. The summed E-state index contributed by atoms with van der Waals surface area (Å²) in [4.78, 5) is 34.7. The average Bonchev–Trinajstić information content (AvgIpc) is 3.53. The number of carbonyl (C=O) groups is 2. The van der Waals surface area contributed by atoms with Gasteiger partial charge in [0.1, 0.15) is 0 Å². The third-order valence-electron chi connectivity index (χ3n) is 11.7. The van der Waals surface area contributed by atoms with Crippen molar-refractivity contribution < 1.29 is 9.59 Å². The van der Waals surface area contributed by atoms with Gasteiger partial charge in [-0.1, -0.05) is 97.1 Å². The molecule has 2 aliphatic rings. The molecule has 300 valence electrons. The maximum absolute atomic E-state index is 13.1. The molecule has 0 saturated carbocycles. The summed E-state index contributed by atoms with van der Waals surface area (Å²) in [7, 11) is 3.71. The van der Waals surface area contributed by atoms with Crippen molar-refractivity contribution in [2.24, 2.45) is 0 Å². The summed E-state index contributed by atoms with van der Waals surface area (Å²) in [5, 5.41) is 6.13. The molecule has 2 heterocycles. The van der Waals surface area contributed by atoms with Crippen LogP contribution in [0.2, 0.25) is 0 Å². The Morgan fingerprint density at radius 2 is 0.763 bits per heavy atom. The second kappa shape index (κ2) is 18.4. The van der Waals surface area contributed by atoms with Crippen LogP contribution < -0.4 is 20.4 Å². The van der Waals surface area contributed by atoms with Gasteiger partial charge in [0.2, 0.25) is 0 Å². The Bertz CT molecular complexity index is 2110. The van der Waals surface area contributed by atoms with Gasteiger partial charge in [-0.05, 0) is 127 Å². The molecule has 6 aromatic rings. The molecule has 0 aliphatic carbocycles. The lowest BCUT2D eigenvalue weighted by Gasteiger charge is -2.28. The van der Waals surface area contributed by atoms with E-state index in [9.17, 15) is 9.59 Å². The molecule has 2 aliphatic heterocycles. The Balaban J connectivity index is 0.781. The van der Waals surface area contributed by atoms with Gasteiger partial charge in [-0.3, -0.25) is 0 Å². The summed E-state index contributed by atoms with van der Waals surface area (Å²) in [6, 6.07) is 50.5. The minimum Gasteiger partial charge on any atom is -0.341 e. The van der Waals surface area contributed by atoms with Crippen LogP contribution in [0.5, 0.6) is 0 Å². The largest absolute Gasteiger partial charge is 0.341 e. The van der Waals surface area contributed by atoms with Crippen LogP contribution in [-0.2, 0) is 32.1 Å². The quantitative estimate of drug-likeness (QED) is 0.130. The molecule has 0 unspecified atom stereocenters. The van der Waals surface area contributed by atoms with E-state index in [0.29, 0.717) is 13.1 Å². The zero-order chi connectivity index (χ0) is 40.6. The van der Waals surface area contributed by atoms with E-state index in [1.54, 1.807) is 9.80 Å². The van der Waals surface area contributed by atoms with Crippen LogP contribution in [0.15, 0.2) is 146 Å². The van der Waals surface area contributed by atoms with E-state index >= 15 is 0 Å². The molecule has 8 nitrogen and oxygen atoms in total. The summed E-state index contributed by atoms with van der Waals surface area (Å²) in [5.74, 6) is 0. The Morgan fingerprint density at radius 3 is 1.08 bits per heavy atom. The summed E-state index contributed by atoms with van der Waals surface area (Å²) in [6.45, 7) is 2.94. The number of rotatable bonds is 12. The third kappa shape index (κ3) is 9.44. The maximum atomic E-state index is 13.1. The van der Waals surface area contributed by atoms with E-state index in [2.05, 4.69) is 142 Å². The van der Waals surface area contributed by atoms with E-state index in [0.717, 1.165) is 80.5 Å². The number of urea groups is 2. The first-order chi connectivity index (χ1) is 28.9. The molecular weight excluding hydrogens is 729 g/mol. The lowest BCUT2D eigenvalue weighted by Crippen LogP contribution is -2.33. The monoisotopic (exact) mass is 782 g/mol. The van der Waals surface area contributed by atoms with E-state index in [1.807, 2.05) is 38.4 Å². The fourth-order valence-corrected chi connectivity index (χ4v) is 8.44. The van der Waals surface area contributed by atoms with Crippen molar-refractivity contribution >= 4 is 46.2 Å². The van der Waals surface area contributed by atoms with Crippen LogP contribution in [0.25, 0.3) is 0 Å². The minimum atomic E-state index is -0.119. The summed E-state index contributed by atoms with van der Waals surface area (Å²) >= 11 is 0. The standard InChI is InChI=1S/C51H54N6O2/c1-54(33-11-35-56-46-17-7-3-13-40(46)25-26-41-14-4-8-18-47(41)56)50(58)52-44-29-21-38(22-30-44)37-39-23-31-45(32-24-39)53-51(59)55(2)34-12-36-57-48-19-9-5-15-42(48)27-28-43-16-6-10-20-49(43)57/h3-10,13-24,29-32H,11-12,25-28,33-37H2,1-2H3,(H,52,58)(H,53,59). The first-order valence-corrected chi connectivity index (χ1v) is 21.0. The van der Waals surface area contributed by atoms with Crippen molar-refractivity contribution in [3.8, 4) is 0 Å². The number of nitrogens with one attached hydrogen (secondary N) is 2. The molecule has 2 N–H and O–H groups in total. The van der Waals surface area contributed by atoms with Gasteiger partial charge in [0.05, 0.1) is 0 Å². The van der Waals surface area contributed by atoms with Gasteiger partial charge < -0.3 is 30.2 Å². The predicted octanol–water partition coefficient (Wildman–Crippen LogP) is 10.9. The minimum absolute atomic E-state index is 0.119. The number of hydrogen-bond acceptors (Lipinski definition) is 4. The number of hydrogen-bond donors (Lipinski definition) is 2. The van der Waals surface area contributed by atoms with Gasteiger partial charge in [-0.15, -0.1) is 0 Å². The SMILES string of the molecule is CN(CCCN1c2ccccc2CCc2ccccc21)C(=O)Nc1ccc(Cc2ccc(NC(=O)N(C)CCCN3c4ccccc4CCc4ccccc43)cc2)cc1. The maximum Gasteiger partial charge on any atom is 0.321 e. The van der Waals surface area contributed by atoms with Crippen molar-refractivity contribution in [2.45, 2.75) is 44.9 Å². The number of anilines is 6. The van der Waals surface area contributed by atoms with Crippen LogP contribution in [0.4, 0.5) is 43.7 Å². The van der Waals surface area contributed by atoms with Crippen LogP contribution >= 0.6 is 0 Å². The summed E-state index contributed by atoms with van der Waals surface area (Å²) in [6.07, 6.45) is 6.55. The van der Waals surface area contributed by atoms with E-state index in [4.69, 9.17) is 0 Å². The molecule has 0 spiro atoms. The molecule has 8 rings (SSSR count). The van der Waals surface area contributed by atoms with Crippen LogP contribution in [0.3, 0.4) is 0 Å². The Labute approximate surface area is 349 Å². The summed E-state index contributed by atoms with van der Waals surface area (Å²) < 4.78 is 0. The zero-order valence-corrected chi connectivity index (χ0v) is 34.2. The Hall–Kier alpha value is -6.54. The highest BCUT2D eigenvalue weighted by Gasteiger charge is 2.22. The molecule has 8 heteroatoms. The first kappa shape index (κ1) is 39.3. The Morgan fingerprint density at radius 1 is 0.458 bits per heavy atom. The number of carbonyl (C=O) groups excluding carboxylic acids is 2. The number of fused-ring (bicyclic) bond motifs is 4. The molecule has 0 saturated heterocycles. The normalized spacial score (nSPS) is 12.8. The molecule has 0 bridgehead atoms. The predicted molar refractivity (Wildman–Crippen MR) is 243 cm³/mol. The van der Waals surface area contributed by atoms with Gasteiger partial charge in [-0.25, -0.2) is 9.59 Å². The molecule has 59 heavy (non-hydrogen) atoms. The lowest BCUT2D eigenvalue weighted by molar-refractivity contribution is 0.221. The number of benzene rings is 6. The lowest BCUT2D eigenvalue weighted by atomic mass is 10.0. The fraction of sp³-hybridized carbons (Fsp3) is 0.255. The third-order valence-corrected chi connectivity index (χ3v) is 11.7. The molecule has 0 atom stereocenters. The highest BCUT2D eigenvalue weighted by molar-refractivity contribution is 5.90. The number of nitrogens with zero attached hydrogens (tertiary/aromatic N) is 4. The van der Waals surface area contributed by atoms with Gasteiger partial charge in [0, 0.05) is 74.4 Å². The highest BCUT2D eigenvalue weighted by Crippen LogP contribution is 2.37. The zero-order valence-electron chi connectivity index (χ0n) is 34.2. The number of para-hydroxylation sites is 4. The number of amides is 4. The van der Waals surface area contributed by atoms with E-state index < -0.39 is 0 Å². The van der Waals surface area contributed by atoms with Crippen molar-refractivity contribution in [3.63, 3.8) is 0 Å². The van der Waals surface area contributed by atoms with Gasteiger partial charge in [0.15, 0.2) is 0 Å².